The van der Waals surface area contributed by atoms with E-state index in [4.69, 9.17) is 0 Å². The summed E-state index contributed by atoms with van der Waals surface area (Å²) in [5.74, 6) is 0.256. The van der Waals surface area contributed by atoms with Crippen LogP contribution in [0.3, 0.4) is 0 Å². The van der Waals surface area contributed by atoms with Gasteiger partial charge in [-0.3, -0.25) is 4.79 Å². The van der Waals surface area contributed by atoms with E-state index in [0.29, 0.717) is 0 Å². The van der Waals surface area contributed by atoms with E-state index in [9.17, 15) is 4.79 Å². The number of allylic oxidation sites excluding steroid dienone is 2. The first-order valence-electron chi connectivity index (χ1n) is 5.88. The Balaban J connectivity index is 2.04. The average molecular weight is 294 g/mol. The molecular weight excluding hydrogens is 278 g/mol. The Morgan fingerprint density at radius 1 is 1.35 bits per heavy atom. The normalized spacial score (nSPS) is 19.1. The first-order chi connectivity index (χ1) is 8.15. The van der Waals surface area contributed by atoms with Gasteiger partial charge < -0.3 is 5.32 Å². The van der Waals surface area contributed by atoms with E-state index in [1.165, 1.54) is 0 Å². The van der Waals surface area contributed by atoms with Gasteiger partial charge in [0, 0.05) is 16.1 Å². The second kappa shape index (κ2) is 5.50. The largest absolute Gasteiger partial charge is 0.326 e. The van der Waals surface area contributed by atoms with Gasteiger partial charge in [0.1, 0.15) is 0 Å². The lowest BCUT2D eigenvalue weighted by Gasteiger charge is -2.17. The quantitative estimate of drug-likeness (QED) is 0.819. The van der Waals surface area contributed by atoms with E-state index < -0.39 is 0 Å². The molecule has 1 aliphatic rings. The summed E-state index contributed by atoms with van der Waals surface area (Å²) in [6, 6.07) is 5.95. The van der Waals surface area contributed by atoms with Gasteiger partial charge in [-0.05, 0) is 49.9 Å². The van der Waals surface area contributed by atoms with E-state index in [-0.39, 0.29) is 11.8 Å². The SMILES string of the molecule is Cc1cc(Br)cc(NC(=O)C2CC=CCC2)c1. The molecule has 3 heteroatoms. The molecule has 1 amide bonds. The maximum atomic E-state index is 12.0. The van der Waals surface area contributed by atoms with E-state index in [1.807, 2.05) is 25.1 Å². The summed E-state index contributed by atoms with van der Waals surface area (Å²) in [4.78, 5) is 12.0. The van der Waals surface area contributed by atoms with Crippen molar-refractivity contribution >= 4 is 27.5 Å². The van der Waals surface area contributed by atoms with Gasteiger partial charge in [-0.15, -0.1) is 0 Å². The predicted molar refractivity (Wildman–Crippen MR) is 74.0 cm³/mol. The van der Waals surface area contributed by atoms with Gasteiger partial charge in [-0.1, -0.05) is 28.1 Å². The molecule has 1 unspecified atom stereocenters. The van der Waals surface area contributed by atoms with Crippen molar-refractivity contribution in [3.8, 4) is 0 Å². The highest BCUT2D eigenvalue weighted by molar-refractivity contribution is 9.10. The van der Waals surface area contributed by atoms with Gasteiger partial charge in [0.2, 0.25) is 5.91 Å². The molecule has 2 nitrogen and oxygen atoms in total. The molecule has 1 aromatic carbocycles. The number of anilines is 1. The molecule has 0 saturated heterocycles. The fourth-order valence-electron chi connectivity index (χ4n) is 2.08. The number of hydrogen-bond acceptors (Lipinski definition) is 1. The molecule has 0 saturated carbocycles. The Morgan fingerprint density at radius 3 is 2.82 bits per heavy atom. The zero-order valence-corrected chi connectivity index (χ0v) is 11.5. The smallest absolute Gasteiger partial charge is 0.227 e. The molecule has 0 radical (unpaired) electrons. The molecule has 1 aliphatic carbocycles. The van der Waals surface area contributed by atoms with Crippen LogP contribution in [-0.4, -0.2) is 5.91 Å². The molecule has 17 heavy (non-hydrogen) atoms. The Bertz CT molecular complexity index is 433. The number of rotatable bonds is 2. The zero-order valence-electron chi connectivity index (χ0n) is 9.87. The number of aryl methyl sites for hydroxylation is 1. The third kappa shape index (κ3) is 3.43. The van der Waals surface area contributed by atoms with Crippen molar-refractivity contribution in [3.05, 3.63) is 40.4 Å². The summed E-state index contributed by atoms with van der Waals surface area (Å²) in [5, 5.41) is 2.99. The maximum Gasteiger partial charge on any atom is 0.227 e. The van der Waals surface area contributed by atoms with Crippen molar-refractivity contribution < 1.29 is 4.79 Å². The van der Waals surface area contributed by atoms with Crippen LogP contribution in [-0.2, 0) is 4.79 Å². The minimum atomic E-state index is 0.124. The number of halogens is 1. The Hall–Kier alpha value is -1.09. The molecule has 0 fully saturated rings. The van der Waals surface area contributed by atoms with Gasteiger partial charge in [0.05, 0.1) is 0 Å². The van der Waals surface area contributed by atoms with E-state index in [2.05, 4.69) is 33.4 Å². The maximum absolute atomic E-state index is 12.0. The van der Waals surface area contributed by atoms with E-state index in [1.54, 1.807) is 0 Å². The summed E-state index contributed by atoms with van der Waals surface area (Å²) < 4.78 is 0.997. The zero-order chi connectivity index (χ0) is 12.3. The molecule has 1 atom stereocenters. The van der Waals surface area contributed by atoms with Crippen molar-refractivity contribution in [2.75, 3.05) is 5.32 Å². The monoisotopic (exact) mass is 293 g/mol. The lowest BCUT2D eigenvalue weighted by atomic mass is 9.93. The number of nitrogens with one attached hydrogen (secondary N) is 1. The molecule has 1 N–H and O–H groups in total. The number of amides is 1. The first-order valence-corrected chi connectivity index (χ1v) is 6.67. The number of benzene rings is 1. The highest BCUT2D eigenvalue weighted by atomic mass is 79.9. The fraction of sp³-hybridized carbons (Fsp3) is 0.357. The van der Waals surface area contributed by atoms with Gasteiger partial charge in [0.15, 0.2) is 0 Å². The van der Waals surface area contributed by atoms with E-state index in [0.717, 1.165) is 35.0 Å². The molecular formula is C14H16BrNO. The first kappa shape index (κ1) is 12.4. The molecule has 0 aliphatic heterocycles. The number of hydrogen-bond donors (Lipinski definition) is 1. The van der Waals surface area contributed by atoms with Crippen LogP contribution in [0.5, 0.6) is 0 Å². The minimum Gasteiger partial charge on any atom is -0.326 e. The van der Waals surface area contributed by atoms with Crippen LogP contribution < -0.4 is 5.32 Å². The van der Waals surface area contributed by atoms with Crippen LogP contribution in [0.4, 0.5) is 5.69 Å². The summed E-state index contributed by atoms with van der Waals surface area (Å²) in [6.45, 7) is 2.02. The van der Waals surface area contributed by atoms with Crippen LogP contribution >= 0.6 is 15.9 Å². The lowest BCUT2D eigenvalue weighted by Crippen LogP contribution is -2.23. The van der Waals surface area contributed by atoms with Crippen LogP contribution in [0.25, 0.3) is 0 Å². The van der Waals surface area contributed by atoms with E-state index >= 15 is 0 Å². The van der Waals surface area contributed by atoms with Gasteiger partial charge in [-0.25, -0.2) is 0 Å². The summed E-state index contributed by atoms with van der Waals surface area (Å²) >= 11 is 3.44. The number of carbonyl (C=O) groups is 1. The van der Waals surface area contributed by atoms with Crippen LogP contribution in [0, 0.1) is 12.8 Å². The molecule has 0 heterocycles. The van der Waals surface area contributed by atoms with Gasteiger partial charge in [0.25, 0.3) is 0 Å². The molecule has 2 rings (SSSR count). The van der Waals surface area contributed by atoms with Gasteiger partial charge in [-0.2, -0.15) is 0 Å². The van der Waals surface area contributed by atoms with Crippen molar-refractivity contribution in [2.45, 2.75) is 26.2 Å². The van der Waals surface area contributed by atoms with Crippen LogP contribution in [0.1, 0.15) is 24.8 Å². The Morgan fingerprint density at radius 2 is 2.18 bits per heavy atom. The molecule has 0 bridgehead atoms. The second-order valence-electron chi connectivity index (χ2n) is 4.49. The molecule has 90 valence electrons. The summed E-state index contributed by atoms with van der Waals surface area (Å²) in [5.41, 5.74) is 2.01. The molecule has 0 aromatic heterocycles. The number of carbonyl (C=O) groups excluding carboxylic acids is 1. The third-order valence-corrected chi connectivity index (χ3v) is 3.41. The van der Waals surface area contributed by atoms with Crippen LogP contribution in [0.2, 0.25) is 0 Å². The fourth-order valence-corrected chi connectivity index (χ4v) is 2.69. The third-order valence-electron chi connectivity index (χ3n) is 2.95. The predicted octanol–water partition coefficient (Wildman–Crippen LogP) is 4.05. The van der Waals surface area contributed by atoms with Crippen molar-refractivity contribution in [3.63, 3.8) is 0 Å². The Kier molecular flexibility index (Phi) is 4.00. The second-order valence-corrected chi connectivity index (χ2v) is 5.40. The highest BCUT2D eigenvalue weighted by Crippen LogP contribution is 2.23. The minimum absolute atomic E-state index is 0.124. The molecule has 1 aromatic rings. The Labute approximate surface area is 110 Å². The highest BCUT2D eigenvalue weighted by Gasteiger charge is 2.18. The average Bonchev–Trinajstić information content (AvgIpc) is 2.28. The topological polar surface area (TPSA) is 29.1 Å². The summed E-state index contributed by atoms with van der Waals surface area (Å²) in [6.07, 6.45) is 7.07. The summed E-state index contributed by atoms with van der Waals surface area (Å²) in [7, 11) is 0. The van der Waals surface area contributed by atoms with Gasteiger partial charge >= 0.3 is 0 Å². The van der Waals surface area contributed by atoms with Crippen molar-refractivity contribution in [2.24, 2.45) is 5.92 Å². The lowest BCUT2D eigenvalue weighted by molar-refractivity contribution is -0.120. The standard InChI is InChI=1S/C14H16BrNO/c1-10-7-12(15)9-13(8-10)16-14(17)11-5-3-2-4-6-11/h2-3,7-9,11H,4-6H2,1H3,(H,16,17). The van der Waals surface area contributed by atoms with Crippen LogP contribution in [0.15, 0.2) is 34.8 Å². The molecule has 0 spiro atoms. The van der Waals surface area contributed by atoms with Crippen molar-refractivity contribution in [1.82, 2.24) is 0 Å². The van der Waals surface area contributed by atoms with Crippen molar-refractivity contribution in [1.29, 1.82) is 0 Å².